The first-order valence-corrected chi connectivity index (χ1v) is 14.1. The Morgan fingerprint density at radius 2 is 1.18 bits per heavy atom. The van der Waals surface area contributed by atoms with Gasteiger partial charge in [-0.05, 0) is 49.7 Å². The van der Waals surface area contributed by atoms with E-state index >= 15 is 0 Å². The molecular formula is C31H39NO6. The summed E-state index contributed by atoms with van der Waals surface area (Å²) in [5, 5.41) is 23.4. The van der Waals surface area contributed by atoms with E-state index in [0.29, 0.717) is 24.1 Å². The zero-order valence-corrected chi connectivity index (χ0v) is 22.0. The highest BCUT2D eigenvalue weighted by atomic mass is 16.6. The van der Waals surface area contributed by atoms with Crippen LogP contribution in [0.3, 0.4) is 0 Å². The average molecular weight is 522 g/mol. The summed E-state index contributed by atoms with van der Waals surface area (Å²) >= 11 is 0. The lowest BCUT2D eigenvalue weighted by atomic mass is 9.80. The summed E-state index contributed by atoms with van der Waals surface area (Å²) in [7, 11) is 0. The minimum Gasteiger partial charge on any atom is -0.447 e. The number of hydrogen-bond acceptors (Lipinski definition) is 7. The Bertz CT molecular complexity index is 1080. The lowest BCUT2D eigenvalue weighted by molar-refractivity contribution is -0.195. The lowest BCUT2D eigenvalue weighted by Gasteiger charge is -2.35. The fourth-order valence-electron chi connectivity index (χ4n) is 6.65. The van der Waals surface area contributed by atoms with E-state index in [4.69, 9.17) is 9.47 Å². The van der Waals surface area contributed by atoms with Gasteiger partial charge in [-0.25, -0.2) is 14.5 Å². The maximum Gasteiger partial charge on any atom is 0.344 e. The molecule has 7 nitrogen and oxygen atoms in total. The number of carbonyl (C=O) groups excluding carboxylic acids is 2. The van der Waals surface area contributed by atoms with Crippen LogP contribution in [-0.2, 0) is 30.3 Å². The summed E-state index contributed by atoms with van der Waals surface area (Å²) in [6.45, 7) is 0.497. The third kappa shape index (κ3) is 5.12. The van der Waals surface area contributed by atoms with E-state index in [-0.39, 0.29) is 18.6 Å². The normalized spacial score (nSPS) is 24.1. The number of nitrogens with zero attached hydrogens (tertiary/aromatic N) is 1. The monoisotopic (exact) mass is 521 g/mol. The molecule has 2 aromatic rings. The first-order chi connectivity index (χ1) is 18.4. The summed E-state index contributed by atoms with van der Waals surface area (Å²) < 4.78 is 11.7. The van der Waals surface area contributed by atoms with E-state index < -0.39 is 29.4 Å². The molecular weight excluding hydrogens is 482 g/mol. The van der Waals surface area contributed by atoms with Crippen LogP contribution in [0.25, 0.3) is 0 Å². The van der Waals surface area contributed by atoms with Gasteiger partial charge in [0.25, 0.3) is 0 Å². The molecule has 2 aromatic carbocycles. The van der Waals surface area contributed by atoms with Gasteiger partial charge in [0, 0.05) is 18.4 Å². The minimum atomic E-state index is -1.71. The molecule has 3 fully saturated rings. The van der Waals surface area contributed by atoms with E-state index in [0.717, 1.165) is 57.8 Å². The van der Waals surface area contributed by atoms with E-state index in [9.17, 15) is 19.8 Å². The molecule has 3 aliphatic rings. The van der Waals surface area contributed by atoms with Crippen LogP contribution in [0.2, 0.25) is 0 Å². The van der Waals surface area contributed by atoms with E-state index in [2.05, 4.69) is 0 Å². The van der Waals surface area contributed by atoms with Gasteiger partial charge in [-0.15, -0.1) is 0 Å². The second-order valence-corrected chi connectivity index (χ2v) is 11.1. The summed E-state index contributed by atoms with van der Waals surface area (Å²) in [5.74, 6) is -1.71. The molecule has 5 rings (SSSR count). The third-order valence-corrected chi connectivity index (χ3v) is 8.85. The third-order valence-electron chi connectivity index (χ3n) is 8.85. The minimum absolute atomic E-state index is 0.0914. The number of hydrogen-bond donors (Lipinski definition) is 2. The summed E-state index contributed by atoms with van der Waals surface area (Å²) in [4.78, 5) is 28.8. The molecule has 1 aliphatic heterocycles. The standard InChI is InChI=1S/C31H39NO6/c33-28(30(35,24-16-7-8-17-24)23-12-3-1-4-13-23)37-22-32-21-11-20-27(32)38-29(34)31(36,26-18-9-10-19-26)25-14-5-2-6-15-25/h1-6,12-15,24,26-27,35-36H,7-11,16-22H2. The molecule has 7 heteroatoms. The highest BCUT2D eigenvalue weighted by molar-refractivity contribution is 5.82. The second-order valence-electron chi connectivity index (χ2n) is 11.1. The number of benzene rings is 2. The fraction of sp³-hybridized carbons (Fsp3) is 0.548. The van der Waals surface area contributed by atoms with Crippen molar-refractivity contribution in [3.05, 3.63) is 71.8 Å². The first kappa shape index (κ1) is 26.9. The molecule has 0 aromatic heterocycles. The van der Waals surface area contributed by atoms with Crippen LogP contribution < -0.4 is 0 Å². The number of carbonyl (C=O) groups is 2. The maximum absolute atomic E-state index is 13.6. The molecule has 1 heterocycles. The van der Waals surface area contributed by atoms with Gasteiger partial charge in [0.15, 0.2) is 17.4 Å². The van der Waals surface area contributed by atoms with Crippen LogP contribution >= 0.6 is 0 Å². The molecule has 0 amide bonds. The molecule has 204 valence electrons. The van der Waals surface area contributed by atoms with Crippen molar-refractivity contribution in [1.82, 2.24) is 4.90 Å². The fourth-order valence-corrected chi connectivity index (χ4v) is 6.65. The van der Waals surface area contributed by atoms with E-state index in [1.165, 1.54) is 0 Å². The number of ether oxygens (including phenoxy) is 2. The highest BCUT2D eigenvalue weighted by Crippen LogP contribution is 2.43. The number of likely N-dealkylation sites (tertiary alicyclic amines) is 1. The molecule has 0 bridgehead atoms. The number of aliphatic hydroxyl groups is 2. The van der Waals surface area contributed by atoms with Crippen molar-refractivity contribution in [3.63, 3.8) is 0 Å². The van der Waals surface area contributed by atoms with Crippen LogP contribution in [0.1, 0.15) is 75.3 Å². The Morgan fingerprint density at radius 3 is 1.68 bits per heavy atom. The molecule has 0 spiro atoms. The van der Waals surface area contributed by atoms with Crippen LogP contribution in [0.4, 0.5) is 0 Å². The van der Waals surface area contributed by atoms with E-state index in [1.807, 2.05) is 36.4 Å². The maximum atomic E-state index is 13.6. The van der Waals surface area contributed by atoms with Crippen molar-refractivity contribution in [2.75, 3.05) is 13.3 Å². The average Bonchev–Trinajstić information content (AvgIpc) is 3.75. The zero-order chi connectivity index (χ0) is 26.6. The molecule has 3 atom stereocenters. The Balaban J connectivity index is 1.28. The SMILES string of the molecule is O=C(OCN1CCCC1OC(=O)C(O)(c1ccccc1)C1CCCC1)C(O)(c1ccccc1)C1CCCC1. The van der Waals surface area contributed by atoms with Gasteiger partial charge < -0.3 is 19.7 Å². The van der Waals surface area contributed by atoms with E-state index in [1.54, 1.807) is 29.2 Å². The predicted octanol–water partition coefficient (Wildman–Crippen LogP) is 4.61. The molecule has 2 aliphatic carbocycles. The van der Waals surface area contributed by atoms with Crippen molar-refractivity contribution < 1.29 is 29.3 Å². The molecule has 0 radical (unpaired) electrons. The molecule has 1 saturated heterocycles. The van der Waals surface area contributed by atoms with Crippen molar-refractivity contribution in [2.24, 2.45) is 11.8 Å². The highest BCUT2D eigenvalue weighted by Gasteiger charge is 2.50. The van der Waals surface area contributed by atoms with Gasteiger partial charge in [0.1, 0.15) is 6.73 Å². The molecule has 2 saturated carbocycles. The van der Waals surface area contributed by atoms with Crippen molar-refractivity contribution >= 4 is 11.9 Å². The largest absolute Gasteiger partial charge is 0.447 e. The van der Waals surface area contributed by atoms with Crippen molar-refractivity contribution in [1.29, 1.82) is 0 Å². The van der Waals surface area contributed by atoms with Gasteiger partial charge in [-0.3, -0.25) is 0 Å². The van der Waals surface area contributed by atoms with Crippen LogP contribution in [0, 0.1) is 11.8 Å². The Kier molecular flexibility index (Phi) is 8.17. The predicted molar refractivity (Wildman–Crippen MR) is 141 cm³/mol. The molecule has 2 N–H and O–H groups in total. The van der Waals surface area contributed by atoms with Gasteiger partial charge in [0.2, 0.25) is 0 Å². The summed E-state index contributed by atoms with van der Waals surface area (Å²) in [6.07, 6.45) is 7.73. The Labute approximate surface area is 224 Å². The van der Waals surface area contributed by atoms with Gasteiger partial charge >= 0.3 is 11.9 Å². The summed E-state index contributed by atoms with van der Waals surface area (Å²) in [5.41, 5.74) is -2.32. The molecule has 3 unspecified atom stereocenters. The summed E-state index contributed by atoms with van der Waals surface area (Å²) in [6, 6.07) is 18.1. The number of esters is 2. The van der Waals surface area contributed by atoms with Crippen LogP contribution in [-0.4, -0.2) is 46.6 Å². The topological polar surface area (TPSA) is 96.3 Å². The Morgan fingerprint density at radius 1 is 0.711 bits per heavy atom. The van der Waals surface area contributed by atoms with Crippen LogP contribution in [0.15, 0.2) is 60.7 Å². The van der Waals surface area contributed by atoms with Gasteiger partial charge in [-0.1, -0.05) is 86.3 Å². The second kappa shape index (κ2) is 11.6. The van der Waals surface area contributed by atoms with Gasteiger partial charge in [-0.2, -0.15) is 0 Å². The van der Waals surface area contributed by atoms with Crippen molar-refractivity contribution in [2.45, 2.75) is 81.6 Å². The van der Waals surface area contributed by atoms with Crippen molar-refractivity contribution in [3.8, 4) is 0 Å². The Hall–Kier alpha value is -2.74. The smallest absolute Gasteiger partial charge is 0.344 e. The van der Waals surface area contributed by atoms with Gasteiger partial charge in [0.05, 0.1) is 0 Å². The zero-order valence-electron chi connectivity index (χ0n) is 22.0. The number of rotatable bonds is 9. The first-order valence-electron chi connectivity index (χ1n) is 14.1. The quantitative estimate of drug-likeness (QED) is 0.465. The molecule has 38 heavy (non-hydrogen) atoms. The lowest BCUT2D eigenvalue weighted by Crippen LogP contribution is -2.48. The van der Waals surface area contributed by atoms with Crippen LogP contribution in [0.5, 0.6) is 0 Å².